The SMILES string of the molecule is C#CCOc1ccc(Br)cc1CNCc1ccc(C)cc1.O=C(O)C(=O)O. The van der Waals surface area contributed by atoms with Gasteiger partial charge in [0.1, 0.15) is 12.4 Å². The summed E-state index contributed by atoms with van der Waals surface area (Å²) in [5.74, 6) is -0.331. The van der Waals surface area contributed by atoms with Crippen molar-refractivity contribution in [2.24, 2.45) is 0 Å². The van der Waals surface area contributed by atoms with Crippen LogP contribution in [0.25, 0.3) is 0 Å². The summed E-state index contributed by atoms with van der Waals surface area (Å²) >= 11 is 3.49. The molecule has 142 valence electrons. The van der Waals surface area contributed by atoms with Crippen molar-refractivity contribution in [2.75, 3.05) is 6.61 Å². The van der Waals surface area contributed by atoms with Crippen LogP contribution in [-0.4, -0.2) is 28.8 Å². The van der Waals surface area contributed by atoms with Crippen molar-refractivity contribution in [1.29, 1.82) is 0 Å². The van der Waals surface area contributed by atoms with E-state index < -0.39 is 11.9 Å². The van der Waals surface area contributed by atoms with Crippen LogP contribution in [0.3, 0.4) is 0 Å². The Morgan fingerprint density at radius 3 is 2.30 bits per heavy atom. The van der Waals surface area contributed by atoms with E-state index in [-0.39, 0.29) is 6.61 Å². The van der Waals surface area contributed by atoms with E-state index in [2.05, 4.69) is 58.4 Å². The van der Waals surface area contributed by atoms with Crippen LogP contribution in [-0.2, 0) is 22.7 Å². The van der Waals surface area contributed by atoms with E-state index in [9.17, 15) is 0 Å². The molecular formula is C20H20BrNO5. The fourth-order valence-electron chi connectivity index (χ4n) is 1.99. The first-order valence-corrected chi connectivity index (χ1v) is 8.70. The first-order chi connectivity index (χ1) is 12.8. The van der Waals surface area contributed by atoms with Crippen molar-refractivity contribution in [3.8, 4) is 18.1 Å². The summed E-state index contributed by atoms with van der Waals surface area (Å²) in [4.78, 5) is 18.2. The average Bonchev–Trinajstić information content (AvgIpc) is 2.63. The molecule has 2 aromatic rings. The molecular weight excluding hydrogens is 414 g/mol. The van der Waals surface area contributed by atoms with Gasteiger partial charge < -0.3 is 20.3 Å². The second-order valence-corrected chi connectivity index (χ2v) is 6.36. The molecule has 0 unspecified atom stereocenters. The molecule has 0 aromatic heterocycles. The van der Waals surface area contributed by atoms with Gasteiger partial charge in [-0.25, -0.2) is 9.59 Å². The lowest BCUT2D eigenvalue weighted by atomic mass is 10.1. The van der Waals surface area contributed by atoms with Gasteiger partial charge >= 0.3 is 11.9 Å². The lowest BCUT2D eigenvalue weighted by Crippen LogP contribution is -2.13. The third-order valence-electron chi connectivity index (χ3n) is 3.28. The normalized spacial score (nSPS) is 9.52. The van der Waals surface area contributed by atoms with Gasteiger partial charge in [0.2, 0.25) is 0 Å². The molecule has 2 aromatic carbocycles. The van der Waals surface area contributed by atoms with E-state index >= 15 is 0 Å². The monoisotopic (exact) mass is 433 g/mol. The predicted molar refractivity (Wildman–Crippen MR) is 105 cm³/mol. The highest BCUT2D eigenvalue weighted by atomic mass is 79.9. The molecule has 6 nitrogen and oxygen atoms in total. The van der Waals surface area contributed by atoms with Crippen molar-refractivity contribution < 1.29 is 24.5 Å². The quantitative estimate of drug-likeness (QED) is 0.478. The van der Waals surface area contributed by atoms with Gasteiger partial charge in [0, 0.05) is 23.1 Å². The molecule has 0 bridgehead atoms. The summed E-state index contributed by atoms with van der Waals surface area (Å²) in [6, 6.07) is 14.5. The van der Waals surface area contributed by atoms with Crippen molar-refractivity contribution in [2.45, 2.75) is 20.0 Å². The number of terminal acetylenes is 1. The molecule has 0 aliphatic rings. The summed E-state index contributed by atoms with van der Waals surface area (Å²) in [7, 11) is 0. The minimum absolute atomic E-state index is 0.284. The molecule has 7 heteroatoms. The van der Waals surface area contributed by atoms with Gasteiger partial charge in [-0.05, 0) is 30.7 Å². The maximum atomic E-state index is 9.10. The molecule has 0 spiro atoms. The third-order valence-corrected chi connectivity index (χ3v) is 3.77. The zero-order chi connectivity index (χ0) is 20.2. The van der Waals surface area contributed by atoms with Crippen LogP contribution < -0.4 is 10.1 Å². The van der Waals surface area contributed by atoms with E-state index in [1.807, 2.05) is 18.2 Å². The van der Waals surface area contributed by atoms with Crippen LogP contribution in [0.4, 0.5) is 0 Å². The van der Waals surface area contributed by atoms with Gasteiger partial charge in [-0.15, -0.1) is 6.42 Å². The molecule has 27 heavy (non-hydrogen) atoms. The molecule has 0 amide bonds. The van der Waals surface area contributed by atoms with Crippen LogP contribution >= 0.6 is 15.9 Å². The number of ether oxygens (including phenoxy) is 1. The summed E-state index contributed by atoms with van der Waals surface area (Å²) < 4.78 is 6.59. The van der Waals surface area contributed by atoms with Gasteiger partial charge in [-0.1, -0.05) is 51.7 Å². The number of aliphatic carboxylic acids is 2. The Bertz CT molecular complexity index is 800. The average molecular weight is 434 g/mol. The van der Waals surface area contributed by atoms with Crippen LogP contribution in [0.15, 0.2) is 46.9 Å². The highest BCUT2D eigenvalue weighted by molar-refractivity contribution is 9.10. The molecule has 2 rings (SSSR count). The van der Waals surface area contributed by atoms with E-state index in [1.54, 1.807) is 0 Å². The standard InChI is InChI=1S/C18H18BrNO.C2H2O4/c1-3-10-21-18-9-8-17(19)11-16(18)13-20-12-15-6-4-14(2)5-7-15;3-1(4)2(5)6/h1,4-9,11,20H,10,12-13H2,2H3;(H,3,4)(H,5,6). The summed E-state index contributed by atoms with van der Waals surface area (Å²) in [6.45, 7) is 3.93. The zero-order valence-electron chi connectivity index (χ0n) is 14.7. The van der Waals surface area contributed by atoms with Gasteiger partial charge in [-0.2, -0.15) is 0 Å². The van der Waals surface area contributed by atoms with Gasteiger partial charge in [0.25, 0.3) is 0 Å². The summed E-state index contributed by atoms with van der Waals surface area (Å²) in [5.41, 5.74) is 3.63. The summed E-state index contributed by atoms with van der Waals surface area (Å²) in [6.07, 6.45) is 5.24. The fourth-order valence-corrected chi connectivity index (χ4v) is 2.40. The Morgan fingerprint density at radius 1 is 1.11 bits per heavy atom. The van der Waals surface area contributed by atoms with Crippen molar-refractivity contribution >= 4 is 27.9 Å². The molecule has 0 saturated heterocycles. The molecule has 0 aliphatic carbocycles. The number of rotatable bonds is 6. The number of halogens is 1. The first-order valence-electron chi connectivity index (χ1n) is 7.90. The topological polar surface area (TPSA) is 95.9 Å². The maximum Gasteiger partial charge on any atom is 0.414 e. The minimum atomic E-state index is -1.82. The highest BCUT2D eigenvalue weighted by Crippen LogP contribution is 2.23. The van der Waals surface area contributed by atoms with Crippen LogP contribution in [0.5, 0.6) is 5.75 Å². The first kappa shape index (κ1) is 22.2. The van der Waals surface area contributed by atoms with Gasteiger partial charge in [0.05, 0.1) is 0 Å². The zero-order valence-corrected chi connectivity index (χ0v) is 16.3. The van der Waals surface area contributed by atoms with Gasteiger partial charge in [-0.3, -0.25) is 0 Å². The molecule has 0 fully saturated rings. The number of hydrogen-bond donors (Lipinski definition) is 3. The number of aryl methyl sites for hydroxylation is 1. The Labute approximate surface area is 166 Å². The number of carboxylic acids is 2. The fraction of sp³-hybridized carbons (Fsp3) is 0.200. The molecule has 3 N–H and O–H groups in total. The molecule has 0 atom stereocenters. The van der Waals surface area contributed by atoms with E-state index in [4.69, 9.17) is 31.0 Å². The van der Waals surface area contributed by atoms with E-state index in [0.717, 1.165) is 28.9 Å². The van der Waals surface area contributed by atoms with Crippen LogP contribution in [0.2, 0.25) is 0 Å². The molecule has 0 heterocycles. The van der Waals surface area contributed by atoms with Crippen molar-refractivity contribution in [3.05, 3.63) is 63.6 Å². The number of nitrogens with one attached hydrogen (secondary N) is 1. The van der Waals surface area contributed by atoms with E-state index in [1.165, 1.54) is 11.1 Å². The number of benzene rings is 2. The van der Waals surface area contributed by atoms with Crippen LogP contribution in [0, 0.1) is 19.3 Å². The van der Waals surface area contributed by atoms with Crippen molar-refractivity contribution in [1.82, 2.24) is 5.32 Å². The molecule has 0 saturated carbocycles. The molecule has 0 aliphatic heterocycles. The van der Waals surface area contributed by atoms with Gasteiger partial charge in [0.15, 0.2) is 0 Å². The number of carbonyl (C=O) groups is 2. The second-order valence-electron chi connectivity index (χ2n) is 5.44. The molecule has 0 radical (unpaired) electrons. The largest absolute Gasteiger partial charge is 0.481 e. The van der Waals surface area contributed by atoms with E-state index in [0.29, 0.717) is 0 Å². The number of carboxylic acid groups (broad SMARTS) is 2. The Balaban J connectivity index is 0.000000527. The Morgan fingerprint density at radius 2 is 1.74 bits per heavy atom. The predicted octanol–water partition coefficient (Wildman–Crippen LogP) is 3.21. The highest BCUT2D eigenvalue weighted by Gasteiger charge is 2.05. The minimum Gasteiger partial charge on any atom is -0.481 e. The Kier molecular flexibility index (Phi) is 9.65. The number of hydrogen-bond acceptors (Lipinski definition) is 4. The lowest BCUT2D eigenvalue weighted by molar-refractivity contribution is -0.159. The lowest BCUT2D eigenvalue weighted by Gasteiger charge is -2.11. The third kappa shape index (κ3) is 8.90. The smallest absolute Gasteiger partial charge is 0.414 e. The van der Waals surface area contributed by atoms with Crippen LogP contribution in [0.1, 0.15) is 16.7 Å². The summed E-state index contributed by atoms with van der Waals surface area (Å²) in [5, 5.41) is 18.2. The maximum absolute atomic E-state index is 9.10. The second kappa shape index (κ2) is 11.7. The van der Waals surface area contributed by atoms with Crippen molar-refractivity contribution in [3.63, 3.8) is 0 Å². The Hall–Kier alpha value is -2.82.